The van der Waals surface area contributed by atoms with Crippen LogP contribution in [-0.2, 0) is 0 Å². The Morgan fingerprint density at radius 1 is 1.20 bits per heavy atom. The minimum absolute atomic E-state index is 0.244. The van der Waals surface area contributed by atoms with E-state index in [0.29, 0.717) is 0 Å². The highest BCUT2D eigenvalue weighted by Gasteiger charge is 2.51. The van der Waals surface area contributed by atoms with Crippen LogP contribution in [0.3, 0.4) is 0 Å². The Morgan fingerprint density at radius 2 is 2.08 bits per heavy atom. The first kappa shape index (κ1) is 15.3. The Kier molecular flexibility index (Phi) is 3.52. The first-order chi connectivity index (χ1) is 12.3. The average molecular weight is 354 g/mol. The molecule has 1 aliphatic carbocycles. The van der Waals surface area contributed by atoms with Crippen molar-refractivity contribution >= 4 is 17.0 Å². The molecule has 0 unspecified atom stereocenters. The number of para-hydroxylation sites is 1. The highest BCUT2D eigenvalue weighted by molar-refractivity contribution is 7.12. The fourth-order valence-corrected chi connectivity index (χ4v) is 5.18. The van der Waals surface area contributed by atoms with E-state index in [9.17, 15) is 0 Å². The molecule has 5 heteroatoms. The standard InChI is InChI=1S/C20H22N2O2S/c1-23-17-8-5-7-14-16-13-15(18-9-6-12-25-18)21-22(16)20(24-19(14)17)10-3-2-4-11-20/h5-9,12,16H,2-4,10-11,13H2,1H3/t16-/m1/s1. The molecule has 4 nitrogen and oxygen atoms in total. The van der Waals surface area contributed by atoms with E-state index < -0.39 is 0 Å². The van der Waals surface area contributed by atoms with Crippen LogP contribution in [0.25, 0.3) is 0 Å². The molecule has 0 bridgehead atoms. The lowest BCUT2D eigenvalue weighted by atomic mass is 9.87. The summed E-state index contributed by atoms with van der Waals surface area (Å²) in [5.74, 6) is 1.77. The van der Waals surface area contributed by atoms with Gasteiger partial charge in [-0.2, -0.15) is 5.10 Å². The number of hydrazone groups is 1. The zero-order chi connectivity index (χ0) is 16.9. The van der Waals surface area contributed by atoms with Gasteiger partial charge in [0.25, 0.3) is 0 Å². The van der Waals surface area contributed by atoms with Crippen LogP contribution in [0.4, 0.5) is 0 Å². The molecule has 1 saturated carbocycles. The van der Waals surface area contributed by atoms with E-state index in [1.165, 1.54) is 35.4 Å². The van der Waals surface area contributed by atoms with Crippen molar-refractivity contribution in [3.63, 3.8) is 0 Å². The van der Waals surface area contributed by atoms with Gasteiger partial charge in [-0.15, -0.1) is 11.3 Å². The summed E-state index contributed by atoms with van der Waals surface area (Å²) < 4.78 is 12.3. The lowest BCUT2D eigenvalue weighted by Gasteiger charge is -2.49. The number of nitrogens with zero attached hydrogens (tertiary/aromatic N) is 2. The smallest absolute Gasteiger partial charge is 0.198 e. The van der Waals surface area contributed by atoms with Crippen molar-refractivity contribution in [1.82, 2.24) is 5.01 Å². The van der Waals surface area contributed by atoms with Crippen LogP contribution in [0, 0.1) is 0 Å². The Morgan fingerprint density at radius 3 is 2.84 bits per heavy atom. The van der Waals surface area contributed by atoms with Crippen LogP contribution in [0.5, 0.6) is 11.5 Å². The van der Waals surface area contributed by atoms with Gasteiger partial charge < -0.3 is 9.47 Å². The second kappa shape index (κ2) is 5.77. The molecule has 2 aliphatic heterocycles. The summed E-state index contributed by atoms with van der Waals surface area (Å²) in [6, 6.07) is 10.7. The van der Waals surface area contributed by atoms with Crippen molar-refractivity contribution in [1.29, 1.82) is 0 Å². The summed E-state index contributed by atoms with van der Waals surface area (Å²) in [7, 11) is 1.72. The first-order valence-corrected chi connectivity index (χ1v) is 9.95. The lowest BCUT2D eigenvalue weighted by molar-refractivity contribution is -0.141. The van der Waals surface area contributed by atoms with Crippen molar-refractivity contribution < 1.29 is 9.47 Å². The number of benzene rings is 1. The minimum Gasteiger partial charge on any atom is -0.493 e. The fourth-order valence-electron chi connectivity index (χ4n) is 4.46. The van der Waals surface area contributed by atoms with Crippen LogP contribution in [0.2, 0.25) is 0 Å². The maximum Gasteiger partial charge on any atom is 0.198 e. The van der Waals surface area contributed by atoms with Crippen LogP contribution in [-0.4, -0.2) is 23.6 Å². The molecule has 3 heterocycles. The van der Waals surface area contributed by atoms with E-state index in [-0.39, 0.29) is 11.8 Å². The maximum atomic E-state index is 6.66. The summed E-state index contributed by atoms with van der Waals surface area (Å²) in [5, 5.41) is 9.48. The Balaban J connectivity index is 1.63. The third-order valence-electron chi connectivity index (χ3n) is 5.65. The number of rotatable bonds is 2. The molecule has 0 amide bonds. The molecular weight excluding hydrogens is 332 g/mol. The third-order valence-corrected chi connectivity index (χ3v) is 6.57. The highest BCUT2D eigenvalue weighted by Crippen LogP contribution is 2.53. The number of fused-ring (bicyclic) bond motifs is 4. The lowest BCUT2D eigenvalue weighted by Crippen LogP contribution is -2.54. The molecule has 5 rings (SSSR count). The molecule has 1 fully saturated rings. The van der Waals surface area contributed by atoms with Gasteiger partial charge in [-0.1, -0.05) is 24.6 Å². The average Bonchev–Trinajstić information content (AvgIpc) is 3.32. The summed E-state index contributed by atoms with van der Waals surface area (Å²) in [6.45, 7) is 0. The van der Waals surface area contributed by atoms with Crippen LogP contribution < -0.4 is 9.47 Å². The van der Waals surface area contributed by atoms with E-state index in [4.69, 9.17) is 14.6 Å². The molecule has 1 atom stereocenters. The number of hydrogen-bond acceptors (Lipinski definition) is 5. The molecule has 0 N–H and O–H groups in total. The summed E-state index contributed by atoms with van der Waals surface area (Å²) in [6.07, 6.45) is 6.66. The zero-order valence-electron chi connectivity index (χ0n) is 14.4. The van der Waals surface area contributed by atoms with Crippen molar-refractivity contribution in [2.75, 3.05) is 7.11 Å². The predicted octanol–water partition coefficient (Wildman–Crippen LogP) is 4.96. The summed E-state index contributed by atoms with van der Waals surface area (Å²) >= 11 is 1.77. The van der Waals surface area contributed by atoms with Gasteiger partial charge in [-0.3, -0.25) is 0 Å². The molecule has 130 valence electrons. The van der Waals surface area contributed by atoms with Gasteiger partial charge in [-0.25, -0.2) is 5.01 Å². The zero-order valence-corrected chi connectivity index (χ0v) is 15.2. The van der Waals surface area contributed by atoms with E-state index in [0.717, 1.165) is 30.8 Å². The molecule has 25 heavy (non-hydrogen) atoms. The van der Waals surface area contributed by atoms with Crippen molar-refractivity contribution in [2.45, 2.75) is 50.3 Å². The monoisotopic (exact) mass is 354 g/mol. The number of thiophene rings is 1. The summed E-state index contributed by atoms with van der Waals surface area (Å²) in [4.78, 5) is 1.27. The van der Waals surface area contributed by atoms with E-state index in [1.807, 2.05) is 6.07 Å². The van der Waals surface area contributed by atoms with Crippen molar-refractivity contribution in [3.05, 3.63) is 46.2 Å². The van der Waals surface area contributed by atoms with Gasteiger partial charge in [0.1, 0.15) is 0 Å². The second-order valence-electron chi connectivity index (χ2n) is 7.08. The normalized spacial score (nSPS) is 23.6. The topological polar surface area (TPSA) is 34.1 Å². The molecule has 3 aliphatic rings. The van der Waals surface area contributed by atoms with Gasteiger partial charge in [0, 0.05) is 24.8 Å². The van der Waals surface area contributed by atoms with Gasteiger partial charge >= 0.3 is 0 Å². The quantitative estimate of drug-likeness (QED) is 0.764. The first-order valence-electron chi connectivity index (χ1n) is 9.07. The molecule has 0 saturated heterocycles. The molecule has 0 radical (unpaired) electrons. The maximum absolute atomic E-state index is 6.66. The number of methoxy groups -OCH3 is 1. The van der Waals surface area contributed by atoms with Crippen molar-refractivity contribution in [3.8, 4) is 11.5 Å². The van der Waals surface area contributed by atoms with Gasteiger partial charge in [0.05, 0.1) is 23.7 Å². The molecule has 1 aromatic heterocycles. The predicted molar refractivity (Wildman–Crippen MR) is 99.5 cm³/mol. The van der Waals surface area contributed by atoms with E-state index in [1.54, 1.807) is 18.4 Å². The number of ether oxygens (including phenoxy) is 2. The molecule has 1 spiro atoms. The highest BCUT2D eigenvalue weighted by atomic mass is 32.1. The second-order valence-corrected chi connectivity index (χ2v) is 8.02. The van der Waals surface area contributed by atoms with Gasteiger partial charge in [-0.05, 0) is 30.4 Å². The Labute approximate surface area is 152 Å². The van der Waals surface area contributed by atoms with E-state index in [2.05, 4.69) is 34.7 Å². The third kappa shape index (κ3) is 2.29. The summed E-state index contributed by atoms with van der Waals surface area (Å²) in [5.41, 5.74) is 2.07. The Bertz CT molecular complexity index is 809. The van der Waals surface area contributed by atoms with Crippen molar-refractivity contribution in [2.24, 2.45) is 5.10 Å². The molecular formula is C20H22N2O2S. The van der Waals surface area contributed by atoms with Gasteiger partial charge in [0.15, 0.2) is 17.2 Å². The van der Waals surface area contributed by atoms with Crippen LogP contribution in [0.15, 0.2) is 40.8 Å². The molecule has 2 aromatic rings. The number of hydrogen-bond donors (Lipinski definition) is 0. The van der Waals surface area contributed by atoms with E-state index >= 15 is 0 Å². The van der Waals surface area contributed by atoms with Crippen LogP contribution >= 0.6 is 11.3 Å². The minimum atomic E-state index is -0.316. The van der Waals surface area contributed by atoms with Gasteiger partial charge in [0.2, 0.25) is 0 Å². The fraction of sp³-hybridized carbons (Fsp3) is 0.450. The largest absolute Gasteiger partial charge is 0.493 e. The SMILES string of the molecule is COc1cccc2c1OC1(CCCCC1)N1N=C(c3cccs3)C[C@H]21. The molecule has 1 aromatic carbocycles. The van der Waals surface area contributed by atoms with Crippen LogP contribution in [0.1, 0.15) is 55.0 Å². The Hall–Kier alpha value is -2.01.